The topological polar surface area (TPSA) is 47.8 Å². The molecule has 0 unspecified atom stereocenters. The molecule has 0 atom stereocenters. The summed E-state index contributed by atoms with van der Waals surface area (Å²) in [6.45, 7) is 1.76. The van der Waals surface area contributed by atoms with Crippen LogP contribution >= 0.6 is 15.9 Å². The van der Waals surface area contributed by atoms with Crippen LogP contribution in [-0.2, 0) is 0 Å². The Morgan fingerprint density at radius 3 is 2.93 bits per heavy atom. The number of benzene rings is 1. The number of nitrogens with zero attached hydrogens (tertiary/aromatic N) is 3. The van der Waals surface area contributed by atoms with E-state index in [1.54, 1.807) is 6.92 Å². The van der Waals surface area contributed by atoms with Gasteiger partial charge in [-0.15, -0.1) is 5.10 Å². The number of halogens is 1. The van der Waals surface area contributed by atoms with Crippen molar-refractivity contribution >= 4 is 22.2 Å². The van der Waals surface area contributed by atoms with Crippen molar-refractivity contribution in [3.8, 4) is 5.69 Å². The van der Waals surface area contributed by atoms with Crippen molar-refractivity contribution in [2.75, 3.05) is 0 Å². The maximum absolute atomic E-state index is 10.9. The zero-order valence-electron chi connectivity index (χ0n) is 8.01. The van der Waals surface area contributed by atoms with E-state index in [1.807, 2.05) is 24.3 Å². The summed E-state index contributed by atoms with van der Waals surface area (Å²) in [5, 5.41) is 7.77. The maximum atomic E-state index is 10.9. The van der Waals surface area contributed by atoms with Crippen molar-refractivity contribution in [3.63, 3.8) is 0 Å². The molecule has 76 valence electrons. The van der Waals surface area contributed by atoms with Crippen molar-refractivity contribution < 1.29 is 4.79 Å². The molecule has 2 rings (SSSR count). The highest BCUT2D eigenvalue weighted by Gasteiger charge is 2.09. The van der Waals surface area contributed by atoms with Gasteiger partial charge in [-0.1, -0.05) is 27.2 Å². The van der Waals surface area contributed by atoms with Crippen LogP contribution in [0.15, 0.2) is 28.7 Å². The summed E-state index contributed by atoms with van der Waals surface area (Å²) in [6, 6.07) is 7.53. The van der Waals surface area contributed by atoms with Crippen LogP contribution in [0.25, 0.3) is 5.69 Å². The molecule has 0 aliphatic rings. The number of aromatic nitrogens is 3. The van der Waals surface area contributed by atoms with Gasteiger partial charge >= 0.3 is 0 Å². The molecule has 0 radical (unpaired) electrons. The van der Waals surface area contributed by atoms with Gasteiger partial charge in [0.2, 0.25) is 0 Å². The predicted octanol–water partition coefficient (Wildman–Crippen LogP) is 2.15. The van der Waals surface area contributed by atoms with E-state index in [1.165, 1.54) is 4.68 Å². The summed E-state index contributed by atoms with van der Waals surface area (Å²) < 4.78 is 2.46. The molecule has 1 heterocycles. The lowest BCUT2D eigenvalue weighted by Crippen LogP contribution is -2.01. The maximum Gasteiger partial charge on any atom is 0.170 e. The van der Waals surface area contributed by atoms with Gasteiger partial charge in [0, 0.05) is 4.47 Å². The third kappa shape index (κ3) is 1.83. The number of hydrogen-bond acceptors (Lipinski definition) is 3. The van der Waals surface area contributed by atoms with Gasteiger partial charge in [-0.3, -0.25) is 4.79 Å². The number of aryl methyl sites for hydroxylation is 1. The first-order chi connectivity index (χ1) is 7.22. The van der Waals surface area contributed by atoms with E-state index in [4.69, 9.17) is 0 Å². The molecule has 0 amide bonds. The van der Waals surface area contributed by atoms with E-state index in [0.717, 1.165) is 16.4 Å². The minimum Gasteiger partial charge on any atom is -0.296 e. The van der Waals surface area contributed by atoms with Gasteiger partial charge in [-0.2, -0.15) is 0 Å². The van der Waals surface area contributed by atoms with E-state index in [0.29, 0.717) is 11.4 Å². The van der Waals surface area contributed by atoms with Crippen LogP contribution in [0.1, 0.15) is 16.2 Å². The van der Waals surface area contributed by atoms with Crippen LogP contribution in [-0.4, -0.2) is 21.3 Å². The van der Waals surface area contributed by atoms with Crippen LogP contribution in [0.4, 0.5) is 0 Å². The number of hydrogen-bond donors (Lipinski definition) is 0. The fourth-order valence-electron chi connectivity index (χ4n) is 1.30. The Bertz CT molecular complexity index is 507. The second kappa shape index (κ2) is 3.94. The second-order valence-electron chi connectivity index (χ2n) is 3.07. The molecule has 0 N–H and O–H groups in total. The summed E-state index contributed by atoms with van der Waals surface area (Å²) in [5.74, 6) is 0. The third-order valence-electron chi connectivity index (χ3n) is 2.05. The molecular formula is C10H8BrN3O. The van der Waals surface area contributed by atoms with Gasteiger partial charge in [0.1, 0.15) is 5.69 Å². The minimum absolute atomic E-state index is 0.480. The van der Waals surface area contributed by atoms with E-state index in [2.05, 4.69) is 26.2 Å². The van der Waals surface area contributed by atoms with Crippen molar-refractivity contribution in [3.05, 3.63) is 40.1 Å². The lowest BCUT2D eigenvalue weighted by Gasteiger charge is -2.02. The first-order valence-corrected chi connectivity index (χ1v) is 5.15. The van der Waals surface area contributed by atoms with E-state index < -0.39 is 0 Å². The Labute approximate surface area is 95.0 Å². The van der Waals surface area contributed by atoms with Gasteiger partial charge < -0.3 is 0 Å². The SMILES string of the molecule is Cc1nnn(-c2cccc(Br)c2)c1C=O. The highest BCUT2D eigenvalue weighted by molar-refractivity contribution is 9.10. The largest absolute Gasteiger partial charge is 0.296 e. The van der Waals surface area contributed by atoms with E-state index in [-0.39, 0.29) is 0 Å². The Balaban J connectivity index is 2.58. The van der Waals surface area contributed by atoms with Crippen LogP contribution in [0.2, 0.25) is 0 Å². The zero-order valence-corrected chi connectivity index (χ0v) is 9.60. The van der Waals surface area contributed by atoms with Crippen molar-refractivity contribution in [1.29, 1.82) is 0 Å². The normalized spacial score (nSPS) is 10.3. The lowest BCUT2D eigenvalue weighted by atomic mass is 10.3. The molecule has 0 saturated heterocycles. The first kappa shape index (κ1) is 10.0. The number of aldehydes is 1. The van der Waals surface area contributed by atoms with Crippen LogP contribution in [0.3, 0.4) is 0 Å². The van der Waals surface area contributed by atoms with Crippen molar-refractivity contribution in [1.82, 2.24) is 15.0 Å². The summed E-state index contributed by atoms with van der Waals surface area (Å²) in [6.07, 6.45) is 0.760. The summed E-state index contributed by atoms with van der Waals surface area (Å²) in [7, 11) is 0. The fourth-order valence-corrected chi connectivity index (χ4v) is 1.69. The molecule has 2 aromatic rings. The lowest BCUT2D eigenvalue weighted by molar-refractivity contribution is 0.111. The molecule has 0 fully saturated rings. The van der Waals surface area contributed by atoms with Gasteiger partial charge in [0.15, 0.2) is 6.29 Å². The molecular weight excluding hydrogens is 258 g/mol. The molecule has 1 aromatic heterocycles. The van der Waals surface area contributed by atoms with Gasteiger partial charge in [-0.25, -0.2) is 4.68 Å². The summed E-state index contributed by atoms with van der Waals surface area (Å²) in [4.78, 5) is 10.9. The molecule has 0 bridgehead atoms. The second-order valence-corrected chi connectivity index (χ2v) is 3.99. The standard InChI is InChI=1S/C10H8BrN3O/c1-7-10(6-15)14(13-12-7)9-4-2-3-8(11)5-9/h2-6H,1H3. The third-order valence-corrected chi connectivity index (χ3v) is 2.54. The molecule has 4 nitrogen and oxygen atoms in total. The Morgan fingerprint density at radius 1 is 1.47 bits per heavy atom. The number of rotatable bonds is 2. The fraction of sp³-hybridized carbons (Fsp3) is 0.100. The highest BCUT2D eigenvalue weighted by atomic mass is 79.9. The van der Waals surface area contributed by atoms with Crippen LogP contribution in [0.5, 0.6) is 0 Å². The molecule has 5 heteroatoms. The Hall–Kier alpha value is -1.49. The molecule has 0 saturated carbocycles. The van der Waals surface area contributed by atoms with Crippen LogP contribution in [0, 0.1) is 6.92 Å². The van der Waals surface area contributed by atoms with Gasteiger partial charge in [0.25, 0.3) is 0 Å². The molecule has 0 spiro atoms. The van der Waals surface area contributed by atoms with E-state index in [9.17, 15) is 4.79 Å². The van der Waals surface area contributed by atoms with Crippen LogP contribution < -0.4 is 0 Å². The minimum atomic E-state index is 0.480. The quantitative estimate of drug-likeness (QED) is 0.782. The zero-order chi connectivity index (χ0) is 10.8. The summed E-state index contributed by atoms with van der Waals surface area (Å²) >= 11 is 3.36. The average Bonchev–Trinajstić information content (AvgIpc) is 2.59. The van der Waals surface area contributed by atoms with Gasteiger partial charge in [0.05, 0.1) is 11.4 Å². The predicted molar refractivity (Wildman–Crippen MR) is 59.2 cm³/mol. The average molecular weight is 266 g/mol. The molecule has 15 heavy (non-hydrogen) atoms. The highest BCUT2D eigenvalue weighted by Crippen LogP contribution is 2.16. The van der Waals surface area contributed by atoms with Crippen molar-refractivity contribution in [2.45, 2.75) is 6.92 Å². The smallest absolute Gasteiger partial charge is 0.170 e. The summed E-state index contributed by atoms with van der Waals surface area (Å²) in [5.41, 5.74) is 1.92. The molecule has 1 aromatic carbocycles. The van der Waals surface area contributed by atoms with Gasteiger partial charge in [-0.05, 0) is 25.1 Å². The van der Waals surface area contributed by atoms with Crippen molar-refractivity contribution in [2.24, 2.45) is 0 Å². The molecule has 0 aliphatic carbocycles. The monoisotopic (exact) mass is 265 g/mol. The number of carbonyl (C=O) groups excluding carboxylic acids is 1. The first-order valence-electron chi connectivity index (χ1n) is 4.36. The van der Waals surface area contributed by atoms with E-state index >= 15 is 0 Å². The Kier molecular flexibility index (Phi) is 2.64. The number of carbonyl (C=O) groups is 1. The molecule has 0 aliphatic heterocycles. The Morgan fingerprint density at radius 2 is 2.27 bits per heavy atom.